The maximum atomic E-state index is 12.1. The first-order valence-corrected chi connectivity index (χ1v) is 10.6. The van der Waals surface area contributed by atoms with Crippen LogP contribution >= 0.6 is 0 Å². The summed E-state index contributed by atoms with van der Waals surface area (Å²) in [5, 5.41) is 2.78. The number of hydrogen-bond acceptors (Lipinski definition) is 6. The Morgan fingerprint density at radius 2 is 1.86 bits per heavy atom. The van der Waals surface area contributed by atoms with E-state index in [0.29, 0.717) is 19.8 Å². The van der Waals surface area contributed by atoms with Crippen LogP contribution in [0, 0.1) is 0 Å². The Kier molecular flexibility index (Phi) is 6.96. The molecule has 150 valence electrons. The van der Waals surface area contributed by atoms with Gasteiger partial charge in [0, 0.05) is 38.8 Å². The number of nitrogens with one attached hydrogen (secondary N) is 2. The lowest BCUT2D eigenvalue weighted by atomic mass is 10.2. The van der Waals surface area contributed by atoms with Crippen molar-refractivity contribution in [2.75, 3.05) is 37.7 Å². The number of benzene rings is 1. The zero-order valence-corrected chi connectivity index (χ0v) is 16.3. The van der Waals surface area contributed by atoms with Crippen molar-refractivity contribution in [3.8, 4) is 0 Å². The summed E-state index contributed by atoms with van der Waals surface area (Å²) in [6.07, 6.45) is 1.80. The standard InChI is InChI=1S/C19H24N4O4S/c24-19(8-9-22-28(25,26)17-4-2-1-3-5-17)21-15-16-6-7-18(20-14-16)23-10-12-27-13-11-23/h1-7,14,22H,8-13,15H2,(H,21,24). The van der Waals surface area contributed by atoms with Gasteiger partial charge in [-0.1, -0.05) is 24.3 Å². The average Bonchev–Trinajstić information content (AvgIpc) is 2.74. The molecule has 1 aliphatic heterocycles. The predicted molar refractivity (Wildman–Crippen MR) is 105 cm³/mol. The minimum absolute atomic E-state index is 0.0390. The van der Waals surface area contributed by atoms with Gasteiger partial charge in [0.2, 0.25) is 15.9 Å². The highest BCUT2D eigenvalue weighted by molar-refractivity contribution is 7.89. The monoisotopic (exact) mass is 404 g/mol. The van der Waals surface area contributed by atoms with Gasteiger partial charge in [-0.2, -0.15) is 0 Å². The molecule has 0 spiro atoms. The molecule has 0 aliphatic carbocycles. The molecule has 8 nitrogen and oxygen atoms in total. The van der Waals surface area contributed by atoms with Crippen molar-refractivity contribution < 1.29 is 17.9 Å². The molecule has 1 aromatic heterocycles. The number of carbonyl (C=O) groups is 1. The van der Waals surface area contributed by atoms with E-state index in [0.717, 1.165) is 24.5 Å². The molecule has 1 fully saturated rings. The van der Waals surface area contributed by atoms with E-state index in [4.69, 9.17) is 4.74 Å². The number of morpholine rings is 1. The Morgan fingerprint density at radius 1 is 1.11 bits per heavy atom. The van der Waals surface area contributed by atoms with Gasteiger partial charge in [-0.3, -0.25) is 4.79 Å². The van der Waals surface area contributed by atoms with Crippen LogP contribution in [0.2, 0.25) is 0 Å². The fraction of sp³-hybridized carbons (Fsp3) is 0.368. The average molecular weight is 404 g/mol. The van der Waals surface area contributed by atoms with Crippen molar-refractivity contribution in [3.63, 3.8) is 0 Å². The van der Waals surface area contributed by atoms with Crippen molar-refractivity contribution in [3.05, 3.63) is 54.2 Å². The fourth-order valence-corrected chi connectivity index (χ4v) is 3.82. The number of anilines is 1. The van der Waals surface area contributed by atoms with Crippen LogP contribution in [0.1, 0.15) is 12.0 Å². The molecular weight excluding hydrogens is 380 g/mol. The number of nitrogens with zero attached hydrogens (tertiary/aromatic N) is 2. The lowest BCUT2D eigenvalue weighted by Crippen LogP contribution is -2.36. The van der Waals surface area contributed by atoms with Crippen LogP contribution in [-0.4, -0.2) is 52.2 Å². The second-order valence-electron chi connectivity index (χ2n) is 6.36. The summed E-state index contributed by atoms with van der Waals surface area (Å²) in [4.78, 5) is 18.7. The minimum atomic E-state index is -3.59. The first kappa shape index (κ1) is 20.2. The highest BCUT2D eigenvalue weighted by Crippen LogP contribution is 2.13. The normalized spacial score (nSPS) is 14.6. The molecule has 1 amide bonds. The van der Waals surface area contributed by atoms with E-state index in [1.165, 1.54) is 12.1 Å². The summed E-state index contributed by atoms with van der Waals surface area (Å²) in [6, 6.07) is 11.9. The van der Waals surface area contributed by atoms with Crippen LogP contribution in [0.25, 0.3) is 0 Å². The molecular formula is C19H24N4O4S. The Hall–Kier alpha value is -2.49. The highest BCUT2D eigenvalue weighted by Gasteiger charge is 2.14. The van der Waals surface area contributed by atoms with Crippen LogP contribution < -0.4 is 14.9 Å². The van der Waals surface area contributed by atoms with Gasteiger partial charge < -0.3 is 15.0 Å². The largest absolute Gasteiger partial charge is 0.378 e. The SMILES string of the molecule is O=C(CCNS(=O)(=O)c1ccccc1)NCc1ccc(N2CCOCC2)nc1. The van der Waals surface area contributed by atoms with Gasteiger partial charge in [-0.15, -0.1) is 0 Å². The molecule has 0 radical (unpaired) electrons. The number of hydrogen-bond donors (Lipinski definition) is 2. The number of aromatic nitrogens is 1. The summed E-state index contributed by atoms with van der Waals surface area (Å²) in [7, 11) is -3.59. The number of ether oxygens (including phenoxy) is 1. The summed E-state index contributed by atoms with van der Waals surface area (Å²) in [5.74, 6) is 0.668. The van der Waals surface area contributed by atoms with Crippen LogP contribution in [0.15, 0.2) is 53.6 Å². The van der Waals surface area contributed by atoms with Gasteiger partial charge in [-0.05, 0) is 23.8 Å². The zero-order chi connectivity index (χ0) is 19.8. The third kappa shape index (κ3) is 5.75. The number of carbonyl (C=O) groups excluding carboxylic acids is 1. The number of pyridine rings is 1. The Labute approximate surface area is 165 Å². The Bertz CT molecular complexity index is 867. The van der Waals surface area contributed by atoms with E-state index in [1.807, 2.05) is 12.1 Å². The fourth-order valence-electron chi connectivity index (χ4n) is 2.77. The molecule has 0 atom stereocenters. The third-order valence-corrected chi connectivity index (χ3v) is 5.81. The summed E-state index contributed by atoms with van der Waals surface area (Å²) >= 11 is 0. The molecule has 0 unspecified atom stereocenters. The molecule has 28 heavy (non-hydrogen) atoms. The van der Waals surface area contributed by atoms with Gasteiger partial charge in [-0.25, -0.2) is 18.1 Å². The molecule has 9 heteroatoms. The van der Waals surface area contributed by atoms with E-state index < -0.39 is 10.0 Å². The van der Waals surface area contributed by atoms with Gasteiger partial charge in [0.15, 0.2) is 0 Å². The molecule has 1 aromatic carbocycles. The maximum absolute atomic E-state index is 12.1. The van der Waals surface area contributed by atoms with E-state index in [9.17, 15) is 13.2 Å². The van der Waals surface area contributed by atoms with Crippen molar-refractivity contribution in [2.45, 2.75) is 17.9 Å². The molecule has 0 bridgehead atoms. The Morgan fingerprint density at radius 3 is 2.54 bits per heavy atom. The van der Waals surface area contributed by atoms with Crippen LogP contribution in [-0.2, 0) is 26.1 Å². The molecule has 3 rings (SSSR count). The summed E-state index contributed by atoms with van der Waals surface area (Å²) in [6.45, 7) is 3.43. The number of sulfonamides is 1. The van der Waals surface area contributed by atoms with Crippen molar-refractivity contribution in [2.24, 2.45) is 0 Å². The maximum Gasteiger partial charge on any atom is 0.240 e. The van der Waals surface area contributed by atoms with Crippen molar-refractivity contribution in [1.29, 1.82) is 0 Å². The van der Waals surface area contributed by atoms with Gasteiger partial charge >= 0.3 is 0 Å². The number of rotatable bonds is 8. The predicted octanol–water partition coefficient (Wildman–Crippen LogP) is 0.903. The molecule has 2 N–H and O–H groups in total. The van der Waals surface area contributed by atoms with Gasteiger partial charge in [0.1, 0.15) is 5.82 Å². The molecule has 2 heterocycles. The molecule has 1 aliphatic rings. The first-order valence-electron chi connectivity index (χ1n) is 9.14. The smallest absolute Gasteiger partial charge is 0.240 e. The van der Waals surface area contributed by atoms with Crippen LogP contribution in [0.5, 0.6) is 0 Å². The lowest BCUT2D eigenvalue weighted by Gasteiger charge is -2.27. The Balaban J connectivity index is 1.40. The highest BCUT2D eigenvalue weighted by atomic mass is 32.2. The summed E-state index contributed by atoms with van der Waals surface area (Å²) < 4.78 is 31.9. The third-order valence-electron chi connectivity index (χ3n) is 4.33. The molecule has 0 saturated carbocycles. The molecule has 2 aromatic rings. The quantitative estimate of drug-likeness (QED) is 0.678. The van der Waals surface area contributed by atoms with Crippen LogP contribution in [0.3, 0.4) is 0 Å². The second-order valence-corrected chi connectivity index (χ2v) is 8.13. The van der Waals surface area contributed by atoms with E-state index in [-0.39, 0.29) is 23.8 Å². The topological polar surface area (TPSA) is 101 Å². The second kappa shape index (κ2) is 9.63. The number of amides is 1. The minimum Gasteiger partial charge on any atom is -0.378 e. The van der Waals surface area contributed by atoms with Crippen LogP contribution in [0.4, 0.5) is 5.82 Å². The summed E-state index contributed by atoms with van der Waals surface area (Å²) in [5.41, 5.74) is 0.884. The van der Waals surface area contributed by atoms with Crippen molar-refractivity contribution >= 4 is 21.7 Å². The van der Waals surface area contributed by atoms with E-state index in [1.54, 1.807) is 24.4 Å². The van der Waals surface area contributed by atoms with E-state index in [2.05, 4.69) is 19.9 Å². The van der Waals surface area contributed by atoms with Crippen molar-refractivity contribution in [1.82, 2.24) is 15.0 Å². The lowest BCUT2D eigenvalue weighted by molar-refractivity contribution is -0.121. The zero-order valence-electron chi connectivity index (χ0n) is 15.5. The molecule has 1 saturated heterocycles. The van der Waals surface area contributed by atoms with Gasteiger partial charge in [0.25, 0.3) is 0 Å². The van der Waals surface area contributed by atoms with Gasteiger partial charge in [0.05, 0.1) is 18.1 Å². The van der Waals surface area contributed by atoms with E-state index >= 15 is 0 Å². The first-order chi connectivity index (χ1) is 13.5.